The Hall–Kier alpha value is -1.85. The van der Waals surface area contributed by atoms with Gasteiger partial charge in [-0.1, -0.05) is 6.08 Å². The molecule has 1 aliphatic rings. The first-order valence-electron chi connectivity index (χ1n) is 4.39. The number of hydrogen-bond donors (Lipinski definition) is 1. The summed E-state index contributed by atoms with van der Waals surface area (Å²) in [4.78, 5) is 35.4. The first-order valence-corrected chi connectivity index (χ1v) is 4.39. The number of carbonyl (C=O) groups excluding carboxylic acids is 2. The molecule has 15 heavy (non-hydrogen) atoms. The second-order valence-electron chi connectivity index (χ2n) is 3.34. The second kappa shape index (κ2) is 4.12. The molecule has 0 spiro atoms. The fraction of sp³-hybridized carbons (Fsp3) is 0.444. The normalized spacial score (nSPS) is 17.6. The zero-order valence-corrected chi connectivity index (χ0v) is 8.56. The Labute approximate surface area is 86.8 Å². The number of imide groups is 1. The van der Waals surface area contributed by atoms with E-state index in [2.05, 4.69) is 0 Å². The molecule has 6 heteroatoms. The van der Waals surface area contributed by atoms with Gasteiger partial charge in [0.1, 0.15) is 6.54 Å². The summed E-state index contributed by atoms with van der Waals surface area (Å²) in [6.07, 6.45) is 1.34. The zero-order valence-electron chi connectivity index (χ0n) is 8.56. The summed E-state index contributed by atoms with van der Waals surface area (Å²) in [6.45, 7) is 1.48. The predicted octanol–water partition coefficient (Wildman–Crippen LogP) is -0.0887. The highest BCUT2D eigenvalue weighted by Gasteiger charge is 2.32. The molecule has 0 unspecified atom stereocenters. The van der Waals surface area contributed by atoms with Crippen molar-refractivity contribution in [3.8, 4) is 0 Å². The number of carbonyl (C=O) groups is 3. The smallest absolute Gasteiger partial charge is 0.331 e. The Balaban J connectivity index is 2.67. The van der Waals surface area contributed by atoms with Crippen molar-refractivity contribution in [3.05, 3.63) is 11.6 Å². The van der Waals surface area contributed by atoms with Gasteiger partial charge in [-0.25, -0.2) is 9.59 Å². The third-order valence-electron chi connectivity index (χ3n) is 2.15. The molecule has 1 rings (SSSR count). The van der Waals surface area contributed by atoms with Crippen molar-refractivity contribution in [1.29, 1.82) is 0 Å². The summed E-state index contributed by atoms with van der Waals surface area (Å²) in [5, 5.41) is 8.57. The lowest BCUT2D eigenvalue weighted by molar-refractivity contribution is -0.132. The number of amides is 3. The maximum atomic E-state index is 11.4. The number of aliphatic carboxylic acids is 1. The van der Waals surface area contributed by atoms with Gasteiger partial charge in [0.2, 0.25) is 0 Å². The molecule has 0 aromatic carbocycles. The largest absolute Gasteiger partial charge is 0.478 e. The maximum absolute atomic E-state index is 11.4. The van der Waals surface area contributed by atoms with Crippen molar-refractivity contribution in [3.63, 3.8) is 0 Å². The minimum absolute atomic E-state index is 0.0140. The Kier molecular flexibility index (Phi) is 3.08. The van der Waals surface area contributed by atoms with E-state index in [1.54, 1.807) is 0 Å². The van der Waals surface area contributed by atoms with Crippen molar-refractivity contribution >= 4 is 17.9 Å². The molecular weight excluding hydrogens is 200 g/mol. The minimum atomic E-state index is -1.05. The molecule has 1 aliphatic heterocycles. The van der Waals surface area contributed by atoms with Gasteiger partial charge in [-0.05, 0) is 6.92 Å². The predicted molar refractivity (Wildman–Crippen MR) is 51.1 cm³/mol. The monoisotopic (exact) mass is 212 g/mol. The molecule has 6 nitrogen and oxygen atoms in total. The van der Waals surface area contributed by atoms with E-state index in [9.17, 15) is 14.4 Å². The summed E-state index contributed by atoms with van der Waals surface area (Å²) >= 11 is 0. The van der Waals surface area contributed by atoms with Gasteiger partial charge in [0, 0.05) is 19.2 Å². The number of nitrogens with zero attached hydrogens (tertiary/aromatic N) is 2. The lowest BCUT2D eigenvalue weighted by Gasteiger charge is -2.11. The van der Waals surface area contributed by atoms with Crippen LogP contribution in [-0.4, -0.2) is 53.0 Å². The van der Waals surface area contributed by atoms with Gasteiger partial charge in [-0.3, -0.25) is 9.69 Å². The molecule has 0 aromatic heterocycles. The van der Waals surface area contributed by atoms with Gasteiger partial charge in [0.25, 0.3) is 5.91 Å². The average molecular weight is 212 g/mol. The number of carboxylic acids is 1. The van der Waals surface area contributed by atoms with E-state index >= 15 is 0 Å². The van der Waals surface area contributed by atoms with Crippen LogP contribution in [-0.2, 0) is 9.59 Å². The highest BCUT2D eigenvalue weighted by molar-refractivity contribution is 6.02. The Morgan fingerprint density at radius 2 is 2.13 bits per heavy atom. The first kappa shape index (κ1) is 11.2. The van der Waals surface area contributed by atoms with Gasteiger partial charge in [-0.15, -0.1) is 0 Å². The summed E-state index contributed by atoms with van der Waals surface area (Å²) in [7, 11) is 1.52. The van der Waals surface area contributed by atoms with Crippen LogP contribution in [0.25, 0.3) is 0 Å². The summed E-state index contributed by atoms with van der Waals surface area (Å²) in [5.41, 5.74) is 0.116. The van der Waals surface area contributed by atoms with Gasteiger partial charge in [0.05, 0.1) is 0 Å². The molecule has 82 valence electrons. The van der Waals surface area contributed by atoms with Crippen LogP contribution in [0, 0.1) is 0 Å². The molecule has 1 fully saturated rings. The number of urea groups is 1. The molecule has 1 saturated heterocycles. The van der Waals surface area contributed by atoms with E-state index in [1.807, 2.05) is 0 Å². The quantitative estimate of drug-likeness (QED) is 0.524. The van der Waals surface area contributed by atoms with Gasteiger partial charge in [0.15, 0.2) is 0 Å². The van der Waals surface area contributed by atoms with Crippen molar-refractivity contribution in [2.45, 2.75) is 6.92 Å². The van der Waals surface area contributed by atoms with Gasteiger partial charge < -0.3 is 10.0 Å². The second-order valence-corrected chi connectivity index (χ2v) is 3.34. The molecular formula is C9H12N2O4. The van der Waals surface area contributed by atoms with Crippen LogP contribution < -0.4 is 0 Å². The molecule has 0 radical (unpaired) electrons. The van der Waals surface area contributed by atoms with E-state index in [0.29, 0.717) is 0 Å². The SMILES string of the molecule is CC(=CCN1C(=O)CN(C)C1=O)C(=O)O. The van der Waals surface area contributed by atoms with Crippen LogP contribution in [0.4, 0.5) is 4.79 Å². The fourth-order valence-electron chi connectivity index (χ4n) is 1.16. The lowest BCUT2D eigenvalue weighted by Crippen LogP contribution is -2.31. The summed E-state index contributed by atoms with van der Waals surface area (Å²) in [5.74, 6) is -1.36. The highest BCUT2D eigenvalue weighted by Crippen LogP contribution is 2.08. The standard InChI is InChI=1S/C9H12N2O4/c1-6(8(13)14)3-4-11-7(12)5-10(2)9(11)15/h3H,4-5H2,1-2H3,(H,13,14). The van der Waals surface area contributed by atoms with Gasteiger partial charge in [-0.2, -0.15) is 0 Å². The maximum Gasteiger partial charge on any atom is 0.331 e. The molecule has 3 amide bonds. The van der Waals surface area contributed by atoms with Crippen LogP contribution in [0.3, 0.4) is 0 Å². The third kappa shape index (κ3) is 2.34. The van der Waals surface area contributed by atoms with E-state index < -0.39 is 12.0 Å². The summed E-state index contributed by atoms with van der Waals surface area (Å²) in [6, 6.07) is -0.394. The van der Waals surface area contributed by atoms with Crippen LogP contribution in [0.15, 0.2) is 11.6 Å². The van der Waals surface area contributed by atoms with Crippen molar-refractivity contribution in [1.82, 2.24) is 9.80 Å². The topological polar surface area (TPSA) is 77.9 Å². The van der Waals surface area contributed by atoms with E-state index in [1.165, 1.54) is 24.9 Å². The Bertz CT molecular complexity index is 348. The summed E-state index contributed by atoms with van der Waals surface area (Å²) < 4.78 is 0. The number of rotatable bonds is 3. The van der Waals surface area contributed by atoms with Crippen LogP contribution in [0.5, 0.6) is 0 Å². The first-order chi connectivity index (χ1) is 6.93. The molecule has 0 bridgehead atoms. The Morgan fingerprint density at radius 1 is 1.53 bits per heavy atom. The zero-order chi connectivity index (χ0) is 11.6. The van der Waals surface area contributed by atoms with E-state index in [-0.39, 0.29) is 24.6 Å². The van der Waals surface area contributed by atoms with Crippen LogP contribution in [0.1, 0.15) is 6.92 Å². The number of carboxylic acid groups (broad SMARTS) is 1. The molecule has 0 atom stereocenters. The number of hydrogen-bond acceptors (Lipinski definition) is 3. The molecule has 0 aromatic rings. The number of likely N-dealkylation sites (N-methyl/N-ethyl adjacent to an activating group) is 1. The van der Waals surface area contributed by atoms with Gasteiger partial charge >= 0.3 is 12.0 Å². The third-order valence-corrected chi connectivity index (χ3v) is 2.15. The molecule has 0 aliphatic carbocycles. The van der Waals surface area contributed by atoms with Crippen molar-refractivity contribution < 1.29 is 19.5 Å². The minimum Gasteiger partial charge on any atom is -0.478 e. The molecule has 0 saturated carbocycles. The molecule has 1 heterocycles. The van der Waals surface area contributed by atoms with E-state index in [0.717, 1.165) is 4.90 Å². The van der Waals surface area contributed by atoms with Crippen molar-refractivity contribution in [2.24, 2.45) is 0 Å². The molecule has 1 N–H and O–H groups in total. The lowest BCUT2D eigenvalue weighted by atomic mass is 10.3. The van der Waals surface area contributed by atoms with E-state index in [4.69, 9.17) is 5.11 Å². The average Bonchev–Trinajstić information content (AvgIpc) is 2.38. The van der Waals surface area contributed by atoms with Crippen molar-refractivity contribution in [2.75, 3.05) is 20.1 Å². The Morgan fingerprint density at radius 3 is 2.53 bits per heavy atom. The highest BCUT2D eigenvalue weighted by atomic mass is 16.4. The van der Waals surface area contributed by atoms with Crippen LogP contribution in [0.2, 0.25) is 0 Å². The fourth-order valence-corrected chi connectivity index (χ4v) is 1.16. The van der Waals surface area contributed by atoms with Crippen LogP contribution >= 0.6 is 0 Å².